The van der Waals surface area contributed by atoms with Crippen LogP contribution in [-0.4, -0.2) is 13.1 Å². The minimum atomic E-state index is -4.35. The van der Waals surface area contributed by atoms with Gasteiger partial charge in [0.25, 0.3) is 0 Å². The van der Waals surface area contributed by atoms with Gasteiger partial charge in [-0.05, 0) is 31.2 Å². The molecule has 0 radical (unpaired) electrons. The van der Waals surface area contributed by atoms with E-state index >= 15 is 0 Å². The first-order valence-corrected chi connectivity index (χ1v) is 5.03. The maximum Gasteiger partial charge on any atom is 0.416 e. The Bertz CT molecular complexity index is 449. The molecule has 0 aliphatic carbocycles. The molecule has 98 valence electrons. The minimum absolute atomic E-state index is 0.459. The van der Waals surface area contributed by atoms with Gasteiger partial charge in [0, 0.05) is 17.5 Å². The second-order valence-corrected chi connectivity index (χ2v) is 3.55. The molecule has 1 N–H and O–H groups in total. The zero-order valence-electron chi connectivity index (χ0n) is 9.84. The highest BCUT2D eigenvalue weighted by Crippen LogP contribution is 2.29. The number of carbonyl (C=O) groups excluding carboxylic acids is 1. The summed E-state index contributed by atoms with van der Waals surface area (Å²) in [5.41, 5.74) is 0.213. The van der Waals surface area contributed by atoms with Crippen molar-refractivity contribution in [1.29, 1.82) is 0 Å². The van der Waals surface area contributed by atoms with E-state index in [2.05, 4.69) is 10.1 Å². The number of anilines is 1. The van der Waals surface area contributed by atoms with Gasteiger partial charge in [0.2, 0.25) is 0 Å². The van der Waals surface area contributed by atoms with Crippen molar-refractivity contribution in [2.75, 3.05) is 12.4 Å². The molecule has 1 aromatic carbocycles. The molecular weight excluding hydrogens is 247 g/mol. The lowest BCUT2D eigenvalue weighted by molar-refractivity contribution is -0.137. The van der Waals surface area contributed by atoms with Crippen LogP contribution >= 0.6 is 0 Å². The maximum absolute atomic E-state index is 12.3. The van der Waals surface area contributed by atoms with Crippen molar-refractivity contribution >= 4 is 11.7 Å². The number of benzene rings is 1. The van der Waals surface area contributed by atoms with Gasteiger partial charge in [-0.25, -0.2) is 4.79 Å². The Morgan fingerprint density at radius 2 is 1.83 bits per heavy atom. The van der Waals surface area contributed by atoms with Gasteiger partial charge in [0.05, 0.1) is 12.7 Å². The van der Waals surface area contributed by atoms with Crippen molar-refractivity contribution in [2.24, 2.45) is 0 Å². The number of hydrogen-bond acceptors (Lipinski definition) is 3. The Balaban J connectivity index is 2.76. The van der Waals surface area contributed by atoms with Gasteiger partial charge in [0.1, 0.15) is 0 Å². The summed E-state index contributed by atoms with van der Waals surface area (Å²) >= 11 is 0. The van der Waals surface area contributed by atoms with Crippen LogP contribution in [0.4, 0.5) is 18.9 Å². The molecule has 6 heteroatoms. The highest BCUT2D eigenvalue weighted by Gasteiger charge is 2.29. The molecule has 18 heavy (non-hydrogen) atoms. The molecular formula is C12H12F3NO2. The summed E-state index contributed by atoms with van der Waals surface area (Å²) in [5, 5.41) is 2.78. The number of carbonyl (C=O) groups is 1. The second kappa shape index (κ2) is 5.57. The number of ether oxygens (including phenoxy) is 1. The number of rotatable bonds is 3. The summed E-state index contributed by atoms with van der Waals surface area (Å²) in [6.07, 6.45) is -3.15. The van der Waals surface area contributed by atoms with Crippen molar-refractivity contribution in [3.05, 3.63) is 41.6 Å². The summed E-state index contributed by atoms with van der Waals surface area (Å²) in [7, 11) is 1.24. The molecule has 0 aromatic heterocycles. The van der Waals surface area contributed by atoms with Crippen LogP contribution in [0, 0.1) is 0 Å². The maximum atomic E-state index is 12.3. The largest absolute Gasteiger partial charge is 0.466 e. The summed E-state index contributed by atoms with van der Waals surface area (Å²) < 4.78 is 41.3. The SMILES string of the molecule is COC(=O)C=C(C)Nc1ccc(C(F)(F)F)cc1. The molecule has 0 heterocycles. The van der Waals surface area contributed by atoms with Crippen LogP contribution in [0.3, 0.4) is 0 Å². The van der Waals surface area contributed by atoms with Crippen LogP contribution in [0.1, 0.15) is 12.5 Å². The van der Waals surface area contributed by atoms with Gasteiger partial charge in [0.15, 0.2) is 0 Å². The normalized spacial score (nSPS) is 12.2. The molecule has 0 spiro atoms. The lowest BCUT2D eigenvalue weighted by Crippen LogP contribution is -2.05. The molecule has 0 saturated heterocycles. The van der Waals surface area contributed by atoms with Crippen molar-refractivity contribution < 1.29 is 22.7 Å². The van der Waals surface area contributed by atoms with E-state index in [-0.39, 0.29) is 0 Å². The fraction of sp³-hybridized carbons (Fsp3) is 0.250. The number of nitrogens with one attached hydrogen (secondary N) is 1. The Morgan fingerprint density at radius 3 is 2.28 bits per heavy atom. The topological polar surface area (TPSA) is 38.3 Å². The van der Waals surface area contributed by atoms with Gasteiger partial charge in [-0.3, -0.25) is 0 Å². The van der Waals surface area contributed by atoms with Gasteiger partial charge in [-0.1, -0.05) is 0 Å². The van der Waals surface area contributed by atoms with Crippen molar-refractivity contribution in [1.82, 2.24) is 0 Å². The van der Waals surface area contributed by atoms with Crippen LogP contribution in [-0.2, 0) is 15.7 Å². The number of methoxy groups -OCH3 is 1. The van der Waals surface area contributed by atoms with E-state index in [4.69, 9.17) is 0 Å². The third-order valence-corrected chi connectivity index (χ3v) is 2.09. The molecule has 0 amide bonds. The zero-order valence-corrected chi connectivity index (χ0v) is 9.84. The van der Waals surface area contributed by atoms with E-state index in [1.165, 1.54) is 25.3 Å². The summed E-state index contributed by atoms with van der Waals surface area (Å²) in [6, 6.07) is 4.51. The van der Waals surface area contributed by atoms with Crippen molar-refractivity contribution in [3.63, 3.8) is 0 Å². The number of alkyl halides is 3. The van der Waals surface area contributed by atoms with E-state index in [0.717, 1.165) is 12.1 Å². The predicted molar refractivity (Wildman–Crippen MR) is 60.8 cm³/mol. The number of halogens is 3. The van der Waals surface area contributed by atoms with Crippen molar-refractivity contribution in [3.8, 4) is 0 Å². The lowest BCUT2D eigenvalue weighted by atomic mass is 10.2. The Kier molecular flexibility index (Phi) is 4.36. The Labute approximate surface area is 102 Å². The summed E-state index contributed by atoms with van der Waals surface area (Å²) in [4.78, 5) is 10.9. The van der Waals surface area contributed by atoms with Gasteiger partial charge in [-0.15, -0.1) is 0 Å². The molecule has 1 rings (SSSR count). The van der Waals surface area contributed by atoms with Crippen LogP contribution < -0.4 is 5.32 Å². The fourth-order valence-electron chi connectivity index (χ4n) is 1.24. The van der Waals surface area contributed by atoms with Crippen LogP contribution in [0.25, 0.3) is 0 Å². The van der Waals surface area contributed by atoms with E-state index in [1.54, 1.807) is 6.92 Å². The Morgan fingerprint density at radius 1 is 1.28 bits per heavy atom. The monoisotopic (exact) mass is 259 g/mol. The summed E-state index contributed by atoms with van der Waals surface area (Å²) in [5.74, 6) is -0.535. The molecule has 0 aliphatic heterocycles. The predicted octanol–water partition coefficient (Wildman–Crippen LogP) is 3.19. The second-order valence-electron chi connectivity index (χ2n) is 3.55. The van der Waals surface area contributed by atoms with E-state index in [0.29, 0.717) is 11.4 Å². The van der Waals surface area contributed by atoms with Crippen LogP contribution in [0.15, 0.2) is 36.0 Å². The molecule has 0 bridgehead atoms. The standard InChI is InChI=1S/C12H12F3NO2/c1-8(7-11(17)18-2)16-10-5-3-9(4-6-10)12(13,14)15/h3-7,16H,1-2H3. The quantitative estimate of drug-likeness (QED) is 0.669. The third-order valence-electron chi connectivity index (χ3n) is 2.09. The van der Waals surface area contributed by atoms with Crippen molar-refractivity contribution in [2.45, 2.75) is 13.1 Å². The highest BCUT2D eigenvalue weighted by atomic mass is 19.4. The van der Waals surface area contributed by atoms with E-state index < -0.39 is 17.7 Å². The molecule has 0 atom stereocenters. The van der Waals surface area contributed by atoms with Gasteiger partial charge >= 0.3 is 12.1 Å². The van der Waals surface area contributed by atoms with E-state index in [9.17, 15) is 18.0 Å². The molecule has 0 aliphatic rings. The first-order valence-electron chi connectivity index (χ1n) is 5.03. The average Bonchev–Trinajstić information content (AvgIpc) is 2.28. The number of hydrogen-bond donors (Lipinski definition) is 1. The first-order chi connectivity index (χ1) is 8.32. The number of allylic oxidation sites excluding steroid dienone is 1. The highest BCUT2D eigenvalue weighted by molar-refractivity contribution is 5.83. The fourth-order valence-corrected chi connectivity index (χ4v) is 1.24. The first kappa shape index (κ1) is 14.1. The Hall–Kier alpha value is -1.98. The van der Waals surface area contributed by atoms with E-state index in [1.807, 2.05) is 0 Å². The van der Waals surface area contributed by atoms with Gasteiger partial charge in [-0.2, -0.15) is 13.2 Å². The smallest absolute Gasteiger partial charge is 0.416 e. The average molecular weight is 259 g/mol. The third kappa shape index (κ3) is 4.12. The molecule has 1 aromatic rings. The molecule has 3 nitrogen and oxygen atoms in total. The zero-order chi connectivity index (χ0) is 13.8. The molecule has 0 saturated carbocycles. The van der Waals surface area contributed by atoms with Gasteiger partial charge < -0.3 is 10.1 Å². The number of esters is 1. The summed E-state index contributed by atoms with van der Waals surface area (Å²) in [6.45, 7) is 1.61. The minimum Gasteiger partial charge on any atom is -0.466 e. The molecule has 0 unspecified atom stereocenters. The lowest BCUT2D eigenvalue weighted by Gasteiger charge is -2.09. The molecule has 0 fully saturated rings. The van der Waals surface area contributed by atoms with Crippen LogP contribution in [0.2, 0.25) is 0 Å². The van der Waals surface area contributed by atoms with Crippen LogP contribution in [0.5, 0.6) is 0 Å².